The maximum absolute atomic E-state index is 14.9. The van der Waals surface area contributed by atoms with E-state index in [-0.39, 0.29) is 0 Å². The summed E-state index contributed by atoms with van der Waals surface area (Å²) in [4.78, 5) is 0. The number of halogens is 27. The molecule has 33 heteroatoms. The Morgan fingerprint density at radius 3 is 0.479 bits per heavy atom. The number of rotatable bonds is 9. The number of hydrogen-bond donors (Lipinski definition) is 0. The molecule has 0 aromatic carbocycles. The Labute approximate surface area is 248 Å². The van der Waals surface area contributed by atoms with Gasteiger partial charge < -0.3 is 12.3 Å². The first-order valence-corrected chi connectivity index (χ1v) is 17.8. The van der Waals surface area contributed by atoms with Crippen LogP contribution < -0.4 is 0 Å². The average molecular weight is 834 g/mol. The first kappa shape index (κ1) is 44.7. The van der Waals surface area contributed by atoms with Crippen molar-refractivity contribution in [2.45, 2.75) is 90.3 Å². The van der Waals surface area contributed by atoms with Gasteiger partial charge in [-0.2, -0.15) is 119 Å². The third kappa shape index (κ3) is 5.47. The van der Waals surface area contributed by atoms with Crippen LogP contribution in [0, 0.1) is 0 Å². The smallest absolute Gasteiger partial charge is 0.408 e. The minimum absolute atomic E-state index is 1.47. The summed E-state index contributed by atoms with van der Waals surface area (Å²) in [6, 6.07) is 0. The Morgan fingerprint density at radius 2 is 0.375 bits per heavy atom. The maximum atomic E-state index is 14.9. The number of alkyl halides is 27. The Hall–Kier alpha value is -1.36. The quantitative estimate of drug-likeness (QED) is 0.171. The molecule has 0 bridgehead atoms. The van der Waals surface area contributed by atoms with Crippen molar-refractivity contribution >= 4 is 25.7 Å². The van der Waals surface area contributed by atoms with Crippen LogP contribution in [-0.2, 0) is 12.3 Å². The maximum Gasteiger partial charge on any atom is 0.460 e. The van der Waals surface area contributed by atoms with E-state index in [4.69, 9.17) is 0 Å². The highest BCUT2D eigenvalue weighted by Crippen LogP contribution is 2.64. The van der Waals surface area contributed by atoms with Gasteiger partial charge in [-0.15, -0.1) is 0 Å². The molecule has 0 atom stereocenters. The molecule has 1 heterocycles. The lowest BCUT2D eigenvalue weighted by molar-refractivity contribution is -0.391. The predicted octanol–water partition coefficient (Wildman–Crippen LogP) is 9.29. The van der Waals surface area contributed by atoms with Crippen LogP contribution in [-0.4, -0.2) is 96.4 Å². The zero-order chi connectivity index (χ0) is 39.6. The zero-order valence-electron chi connectivity index (χ0n) is 21.9. The van der Waals surface area contributed by atoms with Gasteiger partial charge in [-0.3, -0.25) is 0 Å². The molecule has 48 heavy (non-hydrogen) atoms. The van der Waals surface area contributed by atoms with E-state index in [1.54, 1.807) is 0 Å². The molecular weight excluding hydrogens is 825 g/mol. The van der Waals surface area contributed by atoms with Crippen molar-refractivity contribution in [2.24, 2.45) is 0 Å². The van der Waals surface area contributed by atoms with Gasteiger partial charge in [0, 0.05) is 0 Å². The molecule has 288 valence electrons. The van der Waals surface area contributed by atoms with Gasteiger partial charge in [0.1, 0.15) is 0 Å². The molecule has 1 aliphatic heterocycles. The molecule has 1 saturated heterocycles. The van der Waals surface area contributed by atoms with Crippen LogP contribution in [0.5, 0.6) is 0 Å². The summed E-state index contributed by atoms with van der Waals surface area (Å²) in [5, 5.41) is 0. The van der Waals surface area contributed by atoms with Crippen molar-refractivity contribution in [3.05, 3.63) is 0 Å². The molecule has 1 aliphatic rings. The standard InChI is InChI=1S/C15H9F27O3Si3/c1-46(13(37,38)7(22,23)4(16,17)10(28,29)30)43-47(2,14(39,40)8(24,25)5(18,19)11(31,32)33)45-48(3,44-46)15(41,42)9(26,27)6(20,21)12(34,35)36/h1-3H3. The van der Waals surface area contributed by atoms with Crippen molar-refractivity contribution < 1.29 is 131 Å². The van der Waals surface area contributed by atoms with E-state index in [1.807, 2.05) is 0 Å². The highest BCUT2D eigenvalue weighted by Gasteiger charge is 2.96. The SMILES string of the molecule is C[Si]1(C(F)(F)C(F)(F)C(F)(F)C(F)(F)F)O[Si](C)(C(F)(F)C(F)(F)C(F)(F)C(F)(F)F)O[Si](C)(C(F)(F)C(F)(F)C(F)(F)C(F)(F)F)O1. The fourth-order valence-electron chi connectivity index (χ4n) is 3.54. The van der Waals surface area contributed by atoms with Crippen molar-refractivity contribution in [2.75, 3.05) is 0 Å². The summed E-state index contributed by atoms with van der Waals surface area (Å²) >= 11 is 0. The van der Waals surface area contributed by atoms with Crippen molar-refractivity contribution in [1.82, 2.24) is 0 Å². The third-order valence-electron chi connectivity index (χ3n) is 6.31. The molecule has 0 radical (unpaired) electrons. The molecule has 3 nitrogen and oxygen atoms in total. The molecule has 0 aliphatic carbocycles. The van der Waals surface area contributed by atoms with Gasteiger partial charge in [-0.1, -0.05) is 0 Å². The van der Waals surface area contributed by atoms with Gasteiger partial charge in [0.15, 0.2) is 0 Å². The van der Waals surface area contributed by atoms with Gasteiger partial charge >= 0.3 is 96.4 Å². The minimum atomic E-state index is -8.79. The zero-order valence-corrected chi connectivity index (χ0v) is 24.9. The largest absolute Gasteiger partial charge is 0.460 e. The van der Waals surface area contributed by atoms with Gasteiger partial charge in [-0.25, -0.2) is 0 Å². The molecule has 0 aromatic heterocycles. The lowest BCUT2D eigenvalue weighted by atomic mass is 10.1. The van der Waals surface area contributed by atoms with Crippen LogP contribution in [0.4, 0.5) is 119 Å². The van der Waals surface area contributed by atoms with Crippen LogP contribution >= 0.6 is 0 Å². The van der Waals surface area contributed by atoms with Gasteiger partial charge in [0.2, 0.25) is 0 Å². The summed E-state index contributed by atoms with van der Waals surface area (Å²) in [7, 11) is -26.4. The topological polar surface area (TPSA) is 27.7 Å². The predicted molar refractivity (Wildman–Crippen MR) is 101 cm³/mol. The molecule has 0 spiro atoms. The summed E-state index contributed by atoms with van der Waals surface area (Å²) < 4.78 is 379. The Balaban J connectivity index is 4.44. The first-order chi connectivity index (χ1) is 20.1. The number of hydrogen-bond acceptors (Lipinski definition) is 3. The van der Waals surface area contributed by atoms with E-state index in [9.17, 15) is 119 Å². The summed E-state index contributed by atoms with van der Waals surface area (Å²) in [5.74, 6) is -50.2. The monoisotopic (exact) mass is 834 g/mol. The Kier molecular flexibility index (Phi) is 10.1. The second-order valence-corrected chi connectivity index (χ2v) is 19.8. The van der Waals surface area contributed by atoms with Crippen LogP contribution in [0.15, 0.2) is 0 Å². The first-order valence-electron chi connectivity index (χ1n) is 10.8. The molecule has 0 unspecified atom stereocenters. The van der Waals surface area contributed by atoms with Gasteiger partial charge in [0.25, 0.3) is 0 Å². The van der Waals surface area contributed by atoms with E-state index < -0.39 is 116 Å². The Bertz CT molecular complexity index is 1060. The van der Waals surface area contributed by atoms with E-state index in [1.165, 1.54) is 0 Å². The molecule has 0 N–H and O–H groups in total. The van der Waals surface area contributed by atoms with Crippen LogP contribution in [0.25, 0.3) is 0 Å². The second kappa shape index (κ2) is 10.8. The molecule has 1 rings (SSSR count). The lowest BCUT2D eigenvalue weighted by Gasteiger charge is -2.56. The summed E-state index contributed by atoms with van der Waals surface area (Å²) in [6.45, 7) is -4.42. The van der Waals surface area contributed by atoms with E-state index in [2.05, 4.69) is 12.3 Å². The molecular formula is C15H9F27O3Si3. The fraction of sp³-hybridized carbons (Fsp3) is 1.00. The van der Waals surface area contributed by atoms with E-state index in [0.29, 0.717) is 0 Å². The van der Waals surface area contributed by atoms with Gasteiger partial charge in [-0.05, 0) is 19.6 Å². The Morgan fingerprint density at radius 1 is 0.250 bits per heavy atom. The van der Waals surface area contributed by atoms with E-state index in [0.717, 1.165) is 0 Å². The average Bonchev–Trinajstić information content (AvgIpc) is 2.80. The van der Waals surface area contributed by atoms with Crippen molar-refractivity contribution in [3.63, 3.8) is 0 Å². The van der Waals surface area contributed by atoms with Crippen molar-refractivity contribution in [1.29, 1.82) is 0 Å². The summed E-state index contributed by atoms with van der Waals surface area (Å²) in [5.41, 5.74) is -24.1. The fourth-order valence-corrected chi connectivity index (χ4v) is 19.3. The van der Waals surface area contributed by atoms with Crippen LogP contribution in [0.1, 0.15) is 0 Å². The molecule has 1 fully saturated rings. The minimum Gasteiger partial charge on any atom is -0.408 e. The highest BCUT2D eigenvalue weighted by molar-refractivity contribution is 6.96. The van der Waals surface area contributed by atoms with Crippen molar-refractivity contribution in [3.8, 4) is 0 Å². The highest BCUT2D eigenvalue weighted by atomic mass is 28.5. The van der Waals surface area contributed by atoms with E-state index >= 15 is 0 Å². The second-order valence-electron chi connectivity index (χ2n) is 9.81. The third-order valence-corrected chi connectivity index (χ3v) is 20.0. The molecule has 0 amide bonds. The normalized spacial score (nSPS) is 27.4. The lowest BCUT2D eigenvalue weighted by Crippen LogP contribution is -2.87. The molecule has 0 saturated carbocycles. The van der Waals surface area contributed by atoms with Crippen LogP contribution in [0.2, 0.25) is 19.6 Å². The van der Waals surface area contributed by atoms with Crippen LogP contribution in [0.3, 0.4) is 0 Å². The molecule has 0 aromatic rings. The summed E-state index contributed by atoms with van der Waals surface area (Å²) in [6.07, 6.45) is -23.9. The van der Waals surface area contributed by atoms with Gasteiger partial charge in [0.05, 0.1) is 0 Å².